The second-order valence-corrected chi connectivity index (χ2v) is 10.0. The van der Waals surface area contributed by atoms with Gasteiger partial charge in [-0.15, -0.1) is 0 Å². The number of benzene rings is 1. The fourth-order valence-corrected chi connectivity index (χ4v) is 5.29. The number of likely N-dealkylation sites (tertiary alicyclic amines) is 1. The van der Waals surface area contributed by atoms with E-state index < -0.39 is 11.9 Å². The Hall–Kier alpha value is -4.46. The van der Waals surface area contributed by atoms with Crippen LogP contribution in [-0.2, 0) is 17.4 Å². The molecule has 0 aliphatic carbocycles. The fraction of sp³-hybridized carbons (Fsp3) is 0.370. The lowest BCUT2D eigenvalue weighted by atomic mass is 10.0. The molecule has 1 saturated heterocycles. The van der Waals surface area contributed by atoms with Gasteiger partial charge in [0.1, 0.15) is 5.69 Å². The maximum absolute atomic E-state index is 13.4. The van der Waals surface area contributed by atoms with Gasteiger partial charge in [0.05, 0.1) is 29.7 Å². The number of primary amides is 1. The molecule has 41 heavy (non-hydrogen) atoms. The van der Waals surface area contributed by atoms with Crippen LogP contribution in [0.1, 0.15) is 48.3 Å². The maximum atomic E-state index is 13.4. The van der Waals surface area contributed by atoms with Gasteiger partial charge in [0.15, 0.2) is 11.5 Å². The minimum Gasteiger partial charge on any atom is -0.368 e. The summed E-state index contributed by atoms with van der Waals surface area (Å²) in [4.78, 5) is 35.5. The van der Waals surface area contributed by atoms with Gasteiger partial charge in [0.25, 0.3) is 5.91 Å². The van der Waals surface area contributed by atoms with E-state index in [1.54, 1.807) is 12.1 Å². The largest absolute Gasteiger partial charge is 0.433 e. The van der Waals surface area contributed by atoms with E-state index in [-0.39, 0.29) is 35.2 Å². The van der Waals surface area contributed by atoms with Gasteiger partial charge >= 0.3 is 6.18 Å². The zero-order chi connectivity index (χ0) is 29.3. The Morgan fingerprint density at radius 3 is 2.78 bits per heavy atom. The number of fused-ring (bicyclic) bond motifs is 1. The zero-order valence-electron chi connectivity index (χ0n) is 22.5. The first-order valence-corrected chi connectivity index (χ1v) is 13.2. The number of carbonyl (C=O) groups is 2. The average Bonchev–Trinajstić information content (AvgIpc) is 3.67. The summed E-state index contributed by atoms with van der Waals surface area (Å²) in [6.07, 6.45) is 3.02. The van der Waals surface area contributed by atoms with E-state index in [4.69, 9.17) is 5.73 Å². The van der Waals surface area contributed by atoms with Crippen LogP contribution in [0.2, 0.25) is 0 Å². The van der Waals surface area contributed by atoms with Crippen molar-refractivity contribution >= 4 is 29.0 Å². The standard InChI is InChI=1S/C27H30F3N9O2/c1-3-16-11-17(6-7-18(16)26(41)35-15(2)14-38-9-4-5-20(38)23(31)40)36-24-25-33-13-21(39(25)10-8-32-24)19-12-34-37-22(19)27(28,29)30/h6-8,10-13,15,20H,3-5,9,14H2,1-2H3,(H2,31,40)(H,32,36)(H,34,37)(H,35,41)/t15-,20?/m1/s1. The maximum Gasteiger partial charge on any atom is 0.433 e. The van der Waals surface area contributed by atoms with Crippen LogP contribution >= 0.6 is 0 Å². The van der Waals surface area contributed by atoms with E-state index in [9.17, 15) is 22.8 Å². The van der Waals surface area contributed by atoms with Crippen LogP contribution in [0.4, 0.5) is 24.7 Å². The summed E-state index contributed by atoms with van der Waals surface area (Å²) in [5.41, 5.74) is 6.89. The molecule has 2 atom stereocenters. The number of aromatic amines is 1. The lowest BCUT2D eigenvalue weighted by Crippen LogP contribution is -2.47. The van der Waals surface area contributed by atoms with Gasteiger partial charge in [-0.25, -0.2) is 9.97 Å². The number of alkyl halides is 3. The number of halogens is 3. The van der Waals surface area contributed by atoms with Crippen molar-refractivity contribution in [1.82, 2.24) is 34.8 Å². The van der Waals surface area contributed by atoms with E-state index in [0.29, 0.717) is 35.7 Å². The van der Waals surface area contributed by atoms with Crippen molar-refractivity contribution < 1.29 is 22.8 Å². The summed E-state index contributed by atoms with van der Waals surface area (Å²) in [7, 11) is 0. The highest BCUT2D eigenvalue weighted by Crippen LogP contribution is 2.36. The fourth-order valence-electron chi connectivity index (χ4n) is 5.29. The number of hydrogen-bond donors (Lipinski definition) is 4. The van der Waals surface area contributed by atoms with Gasteiger partial charge in [-0.05, 0) is 56.5 Å². The number of aromatic nitrogens is 5. The van der Waals surface area contributed by atoms with Gasteiger partial charge in [-0.3, -0.25) is 24.0 Å². The summed E-state index contributed by atoms with van der Waals surface area (Å²) < 4.78 is 41.8. The second kappa shape index (κ2) is 11.2. The van der Waals surface area contributed by atoms with Gasteiger partial charge < -0.3 is 16.4 Å². The Morgan fingerprint density at radius 1 is 1.24 bits per heavy atom. The van der Waals surface area contributed by atoms with Crippen LogP contribution in [0.5, 0.6) is 0 Å². The molecule has 4 heterocycles. The molecule has 216 valence electrons. The van der Waals surface area contributed by atoms with Gasteiger partial charge in [0.2, 0.25) is 5.91 Å². The van der Waals surface area contributed by atoms with Crippen LogP contribution in [0.15, 0.2) is 43.0 Å². The SMILES string of the molecule is CCc1cc(Nc2nccn3c(-c4cn[nH]c4C(F)(F)F)cnc23)ccc1C(=O)N[C@H](C)CN1CCCC1C(N)=O. The summed E-state index contributed by atoms with van der Waals surface area (Å²) in [6, 6.07) is 4.77. The number of aryl methyl sites for hydroxylation is 1. The Kier molecular flexibility index (Phi) is 7.67. The molecule has 5 rings (SSSR count). The molecule has 1 aliphatic heterocycles. The number of imidazole rings is 1. The molecule has 0 radical (unpaired) electrons. The van der Waals surface area contributed by atoms with Gasteiger partial charge in [-0.2, -0.15) is 18.3 Å². The Labute approximate surface area is 233 Å². The lowest BCUT2D eigenvalue weighted by Gasteiger charge is -2.26. The first-order valence-electron chi connectivity index (χ1n) is 13.2. The van der Waals surface area contributed by atoms with Crippen LogP contribution < -0.4 is 16.4 Å². The summed E-state index contributed by atoms with van der Waals surface area (Å²) >= 11 is 0. The first-order chi connectivity index (χ1) is 19.6. The summed E-state index contributed by atoms with van der Waals surface area (Å²) in [5, 5.41) is 11.8. The van der Waals surface area contributed by atoms with Crippen molar-refractivity contribution in [3.63, 3.8) is 0 Å². The molecular formula is C27H30F3N9O2. The Morgan fingerprint density at radius 2 is 2.05 bits per heavy atom. The van der Waals surface area contributed by atoms with E-state index in [2.05, 4.69) is 25.7 Å². The topological polar surface area (TPSA) is 146 Å². The predicted molar refractivity (Wildman–Crippen MR) is 145 cm³/mol. The summed E-state index contributed by atoms with van der Waals surface area (Å²) in [6.45, 7) is 5.11. The van der Waals surface area contributed by atoms with E-state index in [0.717, 1.165) is 31.1 Å². The molecule has 11 nitrogen and oxygen atoms in total. The van der Waals surface area contributed by atoms with Crippen molar-refractivity contribution in [2.75, 3.05) is 18.4 Å². The number of nitrogens with zero attached hydrogens (tertiary/aromatic N) is 5. The molecule has 1 aliphatic rings. The van der Waals surface area contributed by atoms with Gasteiger partial charge in [-0.1, -0.05) is 6.92 Å². The van der Waals surface area contributed by atoms with Crippen molar-refractivity contribution in [3.05, 3.63) is 59.8 Å². The number of carbonyl (C=O) groups excluding carboxylic acids is 2. The number of hydrogen-bond acceptors (Lipinski definition) is 7. The Balaban J connectivity index is 1.33. The zero-order valence-corrected chi connectivity index (χ0v) is 22.5. The second-order valence-electron chi connectivity index (χ2n) is 10.0. The van der Waals surface area contributed by atoms with Crippen molar-refractivity contribution in [2.45, 2.75) is 51.4 Å². The van der Waals surface area contributed by atoms with Crippen LogP contribution in [0, 0.1) is 0 Å². The molecule has 5 N–H and O–H groups in total. The van der Waals surface area contributed by atoms with E-state index in [1.165, 1.54) is 23.0 Å². The van der Waals surface area contributed by atoms with Crippen molar-refractivity contribution in [3.8, 4) is 11.3 Å². The van der Waals surface area contributed by atoms with Gasteiger partial charge in [0, 0.05) is 36.2 Å². The predicted octanol–water partition coefficient (Wildman–Crippen LogP) is 3.51. The van der Waals surface area contributed by atoms with E-state index >= 15 is 0 Å². The van der Waals surface area contributed by atoms with E-state index in [1.807, 2.05) is 29.9 Å². The minimum atomic E-state index is -4.60. The van der Waals surface area contributed by atoms with Crippen LogP contribution in [-0.4, -0.2) is 66.5 Å². The first kappa shape index (κ1) is 28.1. The number of nitrogens with two attached hydrogens (primary N) is 1. The number of nitrogens with one attached hydrogen (secondary N) is 3. The molecule has 0 saturated carbocycles. The molecule has 0 bridgehead atoms. The molecule has 1 aromatic carbocycles. The summed E-state index contributed by atoms with van der Waals surface area (Å²) in [5.74, 6) is -0.241. The molecule has 2 amide bonds. The third-order valence-corrected chi connectivity index (χ3v) is 7.20. The number of anilines is 2. The smallest absolute Gasteiger partial charge is 0.368 e. The Bertz CT molecular complexity index is 1580. The number of H-pyrrole nitrogens is 1. The third-order valence-electron chi connectivity index (χ3n) is 7.20. The number of amides is 2. The third kappa shape index (κ3) is 5.73. The monoisotopic (exact) mass is 569 g/mol. The average molecular weight is 570 g/mol. The molecule has 4 aromatic rings. The van der Waals surface area contributed by atoms with Crippen LogP contribution in [0.3, 0.4) is 0 Å². The number of rotatable bonds is 9. The highest BCUT2D eigenvalue weighted by Gasteiger charge is 2.37. The molecule has 0 spiro atoms. The molecule has 14 heteroatoms. The highest BCUT2D eigenvalue weighted by molar-refractivity contribution is 5.96. The van der Waals surface area contributed by atoms with Crippen LogP contribution in [0.25, 0.3) is 16.9 Å². The molecule has 1 fully saturated rings. The quantitative estimate of drug-likeness (QED) is 0.241. The molecular weight excluding hydrogens is 539 g/mol. The highest BCUT2D eigenvalue weighted by atomic mass is 19.4. The normalized spacial score (nSPS) is 16.7. The lowest BCUT2D eigenvalue weighted by molar-refractivity contribution is -0.140. The molecule has 1 unspecified atom stereocenters. The molecule has 3 aromatic heterocycles. The van der Waals surface area contributed by atoms with Crippen molar-refractivity contribution in [1.29, 1.82) is 0 Å². The van der Waals surface area contributed by atoms with Crippen molar-refractivity contribution in [2.24, 2.45) is 5.73 Å². The minimum absolute atomic E-state index is 0.130.